The minimum absolute atomic E-state index is 0.0865. The fourth-order valence-electron chi connectivity index (χ4n) is 3.10. The Labute approximate surface area is 175 Å². The smallest absolute Gasteiger partial charge is 0.257 e. The van der Waals surface area contributed by atoms with Crippen molar-refractivity contribution in [3.05, 3.63) is 48.0 Å². The standard InChI is InChI=1S/C20H24N4O5S/c1-14(25)21-16-6-7-19(23-30(2,27)28)18(13-16)20(26)22-15-4-3-5-17(12-15)24-8-10-29-11-9-24/h3-7,12-13,23H,8-11H2,1-2H3,(H,21,25)(H,22,26). The lowest BCUT2D eigenvalue weighted by molar-refractivity contribution is -0.114. The van der Waals surface area contributed by atoms with Gasteiger partial charge < -0.3 is 20.3 Å². The Bertz CT molecular complexity index is 1050. The third-order valence-electron chi connectivity index (χ3n) is 4.36. The number of nitrogens with zero attached hydrogens (tertiary/aromatic N) is 1. The number of anilines is 4. The minimum Gasteiger partial charge on any atom is -0.378 e. The van der Waals surface area contributed by atoms with Crippen molar-refractivity contribution in [2.75, 3.05) is 52.8 Å². The monoisotopic (exact) mass is 432 g/mol. The Morgan fingerprint density at radius 3 is 2.37 bits per heavy atom. The number of ether oxygens (including phenoxy) is 1. The van der Waals surface area contributed by atoms with E-state index in [1.165, 1.54) is 25.1 Å². The summed E-state index contributed by atoms with van der Waals surface area (Å²) in [7, 11) is -3.60. The lowest BCUT2D eigenvalue weighted by Gasteiger charge is -2.29. The zero-order valence-corrected chi connectivity index (χ0v) is 17.6. The second kappa shape index (κ2) is 9.14. The maximum atomic E-state index is 13.0. The first-order valence-corrected chi connectivity index (χ1v) is 11.2. The number of sulfonamides is 1. The van der Waals surface area contributed by atoms with Crippen molar-refractivity contribution in [3.63, 3.8) is 0 Å². The van der Waals surface area contributed by atoms with Gasteiger partial charge in [-0.15, -0.1) is 0 Å². The van der Waals surface area contributed by atoms with Crippen LogP contribution in [0.1, 0.15) is 17.3 Å². The Kier molecular flexibility index (Phi) is 6.58. The van der Waals surface area contributed by atoms with Crippen molar-refractivity contribution < 1.29 is 22.7 Å². The van der Waals surface area contributed by atoms with E-state index in [0.717, 1.165) is 25.0 Å². The summed E-state index contributed by atoms with van der Waals surface area (Å²) in [6.45, 7) is 4.16. The van der Waals surface area contributed by atoms with Gasteiger partial charge in [0.05, 0.1) is 30.7 Å². The van der Waals surface area contributed by atoms with E-state index in [4.69, 9.17) is 4.74 Å². The molecule has 0 unspecified atom stereocenters. The van der Waals surface area contributed by atoms with Gasteiger partial charge in [0.2, 0.25) is 15.9 Å². The van der Waals surface area contributed by atoms with Gasteiger partial charge in [-0.25, -0.2) is 8.42 Å². The number of morpholine rings is 1. The van der Waals surface area contributed by atoms with E-state index < -0.39 is 15.9 Å². The molecule has 0 aliphatic carbocycles. The average Bonchev–Trinajstić information content (AvgIpc) is 2.68. The molecule has 3 N–H and O–H groups in total. The van der Waals surface area contributed by atoms with Crippen LogP contribution in [0.4, 0.5) is 22.7 Å². The number of benzene rings is 2. The Balaban J connectivity index is 1.86. The highest BCUT2D eigenvalue weighted by Crippen LogP contribution is 2.25. The Morgan fingerprint density at radius 2 is 1.70 bits per heavy atom. The molecule has 1 aliphatic rings. The normalized spacial score (nSPS) is 14.1. The average molecular weight is 433 g/mol. The molecule has 0 saturated carbocycles. The molecule has 3 rings (SSSR count). The van der Waals surface area contributed by atoms with Crippen LogP contribution in [-0.2, 0) is 19.6 Å². The predicted molar refractivity (Wildman–Crippen MR) is 117 cm³/mol. The number of carbonyl (C=O) groups excluding carboxylic acids is 2. The molecule has 1 aliphatic heterocycles. The van der Waals surface area contributed by atoms with Crippen LogP contribution in [-0.4, -0.2) is 52.8 Å². The number of hydrogen-bond donors (Lipinski definition) is 3. The van der Waals surface area contributed by atoms with Gasteiger partial charge in [0.1, 0.15) is 0 Å². The van der Waals surface area contributed by atoms with Gasteiger partial charge in [-0.1, -0.05) is 6.07 Å². The zero-order valence-electron chi connectivity index (χ0n) is 16.8. The second-order valence-electron chi connectivity index (χ2n) is 6.92. The summed E-state index contributed by atoms with van der Waals surface area (Å²) < 4.78 is 31.1. The van der Waals surface area contributed by atoms with E-state index in [0.29, 0.717) is 24.6 Å². The van der Waals surface area contributed by atoms with Crippen LogP contribution in [0.2, 0.25) is 0 Å². The van der Waals surface area contributed by atoms with Gasteiger partial charge in [-0.2, -0.15) is 0 Å². The number of nitrogens with one attached hydrogen (secondary N) is 3. The third kappa shape index (κ3) is 5.94. The summed E-state index contributed by atoms with van der Waals surface area (Å²) in [6.07, 6.45) is 1.00. The highest BCUT2D eigenvalue weighted by molar-refractivity contribution is 7.92. The molecule has 2 aromatic rings. The topological polar surface area (TPSA) is 117 Å². The van der Waals surface area contributed by atoms with E-state index in [-0.39, 0.29) is 17.2 Å². The van der Waals surface area contributed by atoms with Crippen molar-refractivity contribution in [1.82, 2.24) is 0 Å². The first kappa shape index (κ1) is 21.6. The molecule has 1 fully saturated rings. The van der Waals surface area contributed by atoms with Crippen LogP contribution in [0, 0.1) is 0 Å². The molecule has 0 bridgehead atoms. The van der Waals surface area contributed by atoms with Crippen molar-refractivity contribution >= 4 is 44.6 Å². The lowest BCUT2D eigenvalue weighted by atomic mass is 10.1. The lowest BCUT2D eigenvalue weighted by Crippen LogP contribution is -2.36. The first-order valence-electron chi connectivity index (χ1n) is 9.35. The van der Waals surface area contributed by atoms with Gasteiger partial charge >= 0.3 is 0 Å². The molecule has 0 atom stereocenters. The minimum atomic E-state index is -3.60. The third-order valence-corrected chi connectivity index (χ3v) is 4.95. The fraction of sp³-hybridized carbons (Fsp3) is 0.300. The van der Waals surface area contributed by atoms with E-state index in [2.05, 4.69) is 20.3 Å². The molecule has 0 radical (unpaired) electrons. The van der Waals surface area contributed by atoms with E-state index in [1.807, 2.05) is 18.2 Å². The van der Waals surface area contributed by atoms with Gasteiger partial charge in [0.25, 0.3) is 5.91 Å². The SMILES string of the molecule is CC(=O)Nc1ccc(NS(C)(=O)=O)c(C(=O)Nc2cccc(N3CCOCC3)c2)c1. The maximum absolute atomic E-state index is 13.0. The summed E-state index contributed by atoms with van der Waals surface area (Å²) in [5.41, 5.74) is 2.11. The molecule has 1 heterocycles. The van der Waals surface area contributed by atoms with Crippen molar-refractivity contribution in [3.8, 4) is 0 Å². The summed E-state index contributed by atoms with van der Waals surface area (Å²) >= 11 is 0. The fourth-order valence-corrected chi connectivity index (χ4v) is 3.68. The Hall–Kier alpha value is -3.11. The molecule has 10 heteroatoms. The Morgan fingerprint density at radius 1 is 1.00 bits per heavy atom. The molecule has 30 heavy (non-hydrogen) atoms. The maximum Gasteiger partial charge on any atom is 0.257 e. The quantitative estimate of drug-likeness (QED) is 0.644. The summed E-state index contributed by atoms with van der Waals surface area (Å²) in [5, 5.41) is 5.39. The number of rotatable bonds is 6. The zero-order chi connectivity index (χ0) is 21.7. The summed E-state index contributed by atoms with van der Waals surface area (Å²) in [5.74, 6) is -0.809. The number of carbonyl (C=O) groups is 2. The summed E-state index contributed by atoms with van der Waals surface area (Å²) in [6, 6.07) is 11.8. The van der Waals surface area contributed by atoms with Crippen LogP contribution >= 0.6 is 0 Å². The molecule has 160 valence electrons. The van der Waals surface area contributed by atoms with Crippen LogP contribution in [0.3, 0.4) is 0 Å². The van der Waals surface area contributed by atoms with Crippen molar-refractivity contribution in [1.29, 1.82) is 0 Å². The summed E-state index contributed by atoms with van der Waals surface area (Å²) in [4.78, 5) is 26.5. The largest absolute Gasteiger partial charge is 0.378 e. The van der Waals surface area contributed by atoms with Gasteiger partial charge in [0.15, 0.2) is 0 Å². The van der Waals surface area contributed by atoms with Crippen LogP contribution in [0.5, 0.6) is 0 Å². The molecule has 2 amide bonds. The van der Waals surface area contributed by atoms with E-state index >= 15 is 0 Å². The molecular formula is C20H24N4O5S. The molecular weight excluding hydrogens is 408 g/mol. The van der Waals surface area contributed by atoms with Crippen LogP contribution in [0.25, 0.3) is 0 Å². The molecule has 9 nitrogen and oxygen atoms in total. The van der Waals surface area contributed by atoms with Crippen molar-refractivity contribution in [2.45, 2.75) is 6.92 Å². The van der Waals surface area contributed by atoms with E-state index in [9.17, 15) is 18.0 Å². The van der Waals surface area contributed by atoms with Crippen LogP contribution < -0.4 is 20.3 Å². The predicted octanol–water partition coefficient (Wildman–Crippen LogP) is 2.11. The highest BCUT2D eigenvalue weighted by atomic mass is 32.2. The van der Waals surface area contributed by atoms with Gasteiger partial charge in [-0.3, -0.25) is 14.3 Å². The first-order chi connectivity index (χ1) is 14.2. The van der Waals surface area contributed by atoms with E-state index in [1.54, 1.807) is 6.07 Å². The van der Waals surface area contributed by atoms with Crippen LogP contribution in [0.15, 0.2) is 42.5 Å². The number of amides is 2. The molecule has 2 aromatic carbocycles. The number of hydrogen-bond acceptors (Lipinski definition) is 6. The van der Waals surface area contributed by atoms with Crippen molar-refractivity contribution in [2.24, 2.45) is 0 Å². The highest BCUT2D eigenvalue weighted by Gasteiger charge is 2.17. The van der Waals surface area contributed by atoms with Gasteiger partial charge in [0, 0.05) is 37.1 Å². The van der Waals surface area contributed by atoms with Gasteiger partial charge in [-0.05, 0) is 36.4 Å². The second-order valence-corrected chi connectivity index (χ2v) is 8.67. The molecule has 0 spiro atoms. The molecule has 1 saturated heterocycles. The molecule has 0 aromatic heterocycles.